The van der Waals surface area contributed by atoms with Crippen molar-refractivity contribution in [3.8, 4) is 0 Å². The van der Waals surface area contributed by atoms with Gasteiger partial charge in [-0.2, -0.15) is 13.2 Å². The van der Waals surface area contributed by atoms with Crippen LogP contribution >= 0.6 is 12.1 Å². The molecule has 1 aliphatic heterocycles. The van der Waals surface area contributed by atoms with Crippen LogP contribution in [0.15, 0.2) is 24.5 Å². The maximum Gasteiger partial charge on any atom is 0.434 e. The van der Waals surface area contributed by atoms with Gasteiger partial charge in [-0.05, 0) is 46.0 Å². The molecule has 0 unspecified atom stereocenters. The van der Waals surface area contributed by atoms with Gasteiger partial charge in [0, 0.05) is 62.6 Å². The maximum atomic E-state index is 12.9. The molecule has 0 bridgehead atoms. The molecule has 0 spiro atoms. The van der Waals surface area contributed by atoms with Crippen LogP contribution in [0.2, 0.25) is 0 Å². The minimum atomic E-state index is -4.43. The average molecular weight is 464 g/mol. The number of hydrogen-bond acceptors (Lipinski definition) is 4. The first-order valence-corrected chi connectivity index (χ1v) is 8.61. The molecule has 10 heteroatoms. The van der Waals surface area contributed by atoms with Crippen molar-refractivity contribution in [3.63, 3.8) is 0 Å². The number of rotatable bonds is 2. The van der Waals surface area contributed by atoms with Gasteiger partial charge in [-0.25, -0.2) is 4.31 Å². The van der Waals surface area contributed by atoms with Crippen molar-refractivity contribution in [2.75, 3.05) is 26.2 Å². The Morgan fingerprint density at radius 1 is 1.15 bits per heavy atom. The predicted octanol–water partition coefficient (Wildman–Crippen LogP) is 3.93. The number of fused-ring (bicyclic) bond motifs is 1. The number of alkyl halides is 3. The van der Waals surface area contributed by atoms with E-state index in [2.05, 4.69) is 14.6 Å². The van der Waals surface area contributed by atoms with E-state index in [1.807, 2.05) is 0 Å². The van der Waals surface area contributed by atoms with Gasteiger partial charge < -0.3 is 10.4 Å². The number of hydrogen-bond donors (Lipinski definition) is 1. The van der Waals surface area contributed by atoms with E-state index in [0.717, 1.165) is 26.2 Å². The Morgan fingerprint density at radius 2 is 1.73 bits per heavy atom. The molecule has 143 valence electrons. The van der Waals surface area contributed by atoms with Gasteiger partial charge in [0.25, 0.3) is 0 Å². The standard InChI is InChI=1S/C12H12F3N4S.C4H10O.Y/c13-12(14,15)11-9-2-6-19(10(9)1-3-17-11)20-18-7-4-16-5-8-18;1-4(2,3)5;/h1-3,6H,4-5,7-8H2;5H,1-3H3;/q-1;;. The Kier molecular flexibility index (Phi) is 9.03. The Labute approximate surface area is 180 Å². The summed E-state index contributed by atoms with van der Waals surface area (Å²) in [4.78, 5) is 3.46. The van der Waals surface area contributed by atoms with E-state index in [4.69, 9.17) is 5.11 Å². The third-order valence-corrected chi connectivity index (χ3v) is 4.16. The quantitative estimate of drug-likeness (QED) is 0.685. The van der Waals surface area contributed by atoms with Gasteiger partial charge >= 0.3 is 6.18 Å². The largest absolute Gasteiger partial charge is 0.660 e. The molecule has 1 N–H and O–H groups in total. The zero-order chi connectivity index (χ0) is 18.7. The van der Waals surface area contributed by atoms with Crippen molar-refractivity contribution in [2.24, 2.45) is 0 Å². The number of pyridine rings is 1. The molecule has 0 aliphatic carbocycles. The van der Waals surface area contributed by atoms with Crippen LogP contribution in [0.5, 0.6) is 0 Å². The van der Waals surface area contributed by atoms with Crippen LogP contribution < -0.4 is 0 Å². The Balaban J connectivity index is 0.000000501. The molecule has 3 heterocycles. The number of halogens is 3. The molecular formula is C16H22F3N4OSY-. The van der Waals surface area contributed by atoms with E-state index >= 15 is 0 Å². The van der Waals surface area contributed by atoms with Crippen LogP contribution in [-0.2, 0) is 38.9 Å². The van der Waals surface area contributed by atoms with Crippen LogP contribution in [0.4, 0.5) is 13.2 Å². The zero-order valence-electron chi connectivity index (χ0n) is 15.0. The van der Waals surface area contributed by atoms with Crippen molar-refractivity contribution in [3.05, 3.63) is 35.5 Å². The molecule has 1 aliphatic rings. The number of aliphatic hydroxyl groups is 1. The third kappa shape index (κ3) is 7.44. The second-order valence-electron chi connectivity index (χ2n) is 6.58. The van der Waals surface area contributed by atoms with Gasteiger partial charge in [-0.3, -0.25) is 8.96 Å². The molecule has 26 heavy (non-hydrogen) atoms. The summed E-state index contributed by atoms with van der Waals surface area (Å²) in [5.74, 6) is 0. The van der Waals surface area contributed by atoms with Gasteiger partial charge in [0.2, 0.25) is 0 Å². The topological polar surface area (TPSA) is 55.4 Å². The molecule has 3 rings (SSSR count). The van der Waals surface area contributed by atoms with Crippen LogP contribution in [0, 0.1) is 0 Å². The molecule has 2 aromatic heterocycles. The minimum Gasteiger partial charge on any atom is -0.660 e. The molecule has 0 saturated carbocycles. The molecule has 1 fully saturated rings. The van der Waals surface area contributed by atoms with E-state index in [-0.39, 0.29) is 38.1 Å². The van der Waals surface area contributed by atoms with Crippen molar-refractivity contribution < 1.29 is 51.0 Å². The number of aromatic nitrogens is 2. The van der Waals surface area contributed by atoms with Gasteiger partial charge in [0.1, 0.15) is 0 Å². The van der Waals surface area contributed by atoms with Gasteiger partial charge in [-0.1, -0.05) is 0 Å². The maximum absolute atomic E-state index is 12.9. The smallest absolute Gasteiger partial charge is 0.434 e. The molecule has 0 atom stereocenters. The van der Waals surface area contributed by atoms with Crippen molar-refractivity contribution in [1.29, 1.82) is 0 Å². The third-order valence-electron chi connectivity index (χ3n) is 3.07. The number of nitrogens with zero attached hydrogens (tertiary/aromatic N) is 4. The molecule has 0 amide bonds. The number of piperazine rings is 1. The van der Waals surface area contributed by atoms with Gasteiger partial charge in [-0.15, -0.1) is 13.1 Å². The monoisotopic (exact) mass is 464 g/mol. The van der Waals surface area contributed by atoms with E-state index in [9.17, 15) is 13.2 Å². The van der Waals surface area contributed by atoms with Gasteiger partial charge in [0.05, 0.1) is 11.1 Å². The summed E-state index contributed by atoms with van der Waals surface area (Å²) in [6, 6.07) is 3.07. The Bertz CT molecular complexity index is 691. The van der Waals surface area contributed by atoms with Crippen molar-refractivity contribution >= 4 is 23.0 Å². The molecular weight excluding hydrogens is 442 g/mol. The summed E-state index contributed by atoms with van der Waals surface area (Å²) in [5, 5.41) is 12.9. The van der Waals surface area contributed by atoms with E-state index < -0.39 is 17.5 Å². The minimum absolute atomic E-state index is 0. The van der Waals surface area contributed by atoms with Crippen molar-refractivity contribution in [2.45, 2.75) is 32.5 Å². The first-order valence-electron chi connectivity index (χ1n) is 7.88. The Hall–Kier alpha value is -0.186. The summed E-state index contributed by atoms with van der Waals surface area (Å²) >= 11 is 1.41. The molecule has 1 radical (unpaired) electrons. The summed E-state index contributed by atoms with van der Waals surface area (Å²) in [5.41, 5.74) is -0.803. The first-order chi connectivity index (χ1) is 11.6. The fourth-order valence-corrected chi connectivity index (χ4v) is 3.07. The molecule has 0 aromatic carbocycles. The van der Waals surface area contributed by atoms with Crippen LogP contribution in [0.1, 0.15) is 26.5 Å². The van der Waals surface area contributed by atoms with Crippen LogP contribution in [-0.4, -0.2) is 50.1 Å². The second-order valence-corrected chi connectivity index (χ2v) is 7.66. The summed E-state index contributed by atoms with van der Waals surface area (Å²) in [7, 11) is 0. The van der Waals surface area contributed by atoms with E-state index in [1.54, 1.807) is 37.0 Å². The second kappa shape index (κ2) is 9.84. The zero-order valence-corrected chi connectivity index (χ0v) is 18.6. The Morgan fingerprint density at radius 3 is 2.27 bits per heavy atom. The SMILES string of the molecule is CC(C)(C)O.FC(F)(F)c1nccc2c1ccn2SN1CC[N-]CC1.[Y]. The van der Waals surface area contributed by atoms with Crippen LogP contribution in [0.3, 0.4) is 0 Å². The predicted molar refractivity (Wildman–Crippen MR) is 94.4 cm³/mol. The fraction of sp³-hybridized carbons (Fsp3) is 0.562. The molecule has 5 nitrogen and oxygen atoms in total. The van der Waals surface area contributed by atoms with Gasteiger partial charge in [0.15, 0.2) is 5.69 Å². The first kappa shape index (κ1) is 23.9. The van der Waals surface area contributed by atoms with Crippen molar-refractivity contribution in [1.82, 2.24) is 13.3 Å². The van der Waals surface area contributed by atoms with E-state index in [0.29, 0.717) is 5.52 Å². The average Bonchev–Trinajstić information content (AvgIpc) is 2.89. The normalized spacial score (nSPS) is 16.0. The van der Waals surface area contributed by atoms with Crippen LogP contribution in [0.25, 0.3) is 16.2 Å². The van der Waals surface area contributed by atoms with E-state index in [1.165, 1.54) is 24.4 Å². The molecule has 2 aromatic rings. The summed E-state index contributed by atoms with van der Waals surface area (Å²) < 4.78 is 42.5. The fourth-order valence-electron chi connectivity index (χ4n) is 2.13. The molecule has 1 saturated heterocycles. The summed E-state index contributed by atoms with van der Waals surface area (Å²) in [6.45, 7) is 8.37. The summed E-state index contributed by atoms with van der Waals surface area (Å²) in [6.07, 6.45) is -1.58.